The van der Waals surface area contributed by atoms with Crippen LogP contribution in [-0.4, -0.2) is 49.3 Å². The summed E-state index contributed by atoms with van der Waals surface area (Å²) >= 11 is 4.69. The fraction of sp³-hybridized carbons (Fsp3) is 0.333. The highest BCUT2D eigenvalue weighted by molar-refractivity contribution is 9.10. The van der Waals surface area contributed by atoms with E-state index < -0.39 is 5.97 Å². The van der Waals surface area contributed by atoms with Crippen LogP contribution in [-0.2, 0) is 14.3 Å². The van der Waals surface area contributed by atoms with Gasteiger partial charge in [0.15, 0.2) is 23.3 Å². The maximum Gasteiger partial charge on any atom is 0.344 e. The highest BCUT2D eigenvalue weighted by atomic mass is 79.9. The van der Waals surface area contributed by atoms with Gasteiger partial charge in [0.05, 0.1) is 25.7 Å². The number of hydrogen-bond acceptors (Lipinski definition) is 8. The van der Waals surface area contributed by atoms with Crippen LogP contribution in [0.25, 0.3) is 0 Å². The van der Waals surface area contributed by atoms with Gasteiger partial charge in [0, 0.05) is 10.0 Å². The average molecular weight is 430 g/mol. The van der Waals surface area contributed by atoms with Crippen LogP contribution in [0.4, 0.5) is 0 Å². The number of thioether (sulfide) groups is 1. The van der Waals surface area contributed by atoms with Gasteiger partial charge in [-0.3, -0.25) is 4.79 Å². The van der Waals surface area contributed by atoms with Gasteiger partial charge in [0.2, 0.25) is 5.91 Å². The lowest BCUT2D eigenvalue weighted by molar-refractivity contribution is -0.145. The number of esters is 1. The van der Waals surface area contributed by atoms with E-state index in [1.165, 1.54) is 25.1 Å². The van der Waals surface area contributed by atoms with E-state index in [9.17, 15) is 9.59 Å². The van der Waals surface area contributed by atoms with Gasteiger partial charge < -0.3 is 19.5 Å². The molecule has 0 radical (unpaired) electrons. The number of methoxy groups -OCH3 is 1. The van der Waals surface area contributed by atoms with Gasteiger partial charge in [0.1, 0.15) is 0 Å². The number of benzene rings is 1. The predicted molar refractivity (Wildman–Crippen MR) is 98.5 cm³/mol. The Hall–Kier alpha value is -2.07. The van der Waals surface area contributed by atoms with Crippen molar-refractivity contribution in [3.63, 3.8) is 0 Å². The van der Waals surface area contributed by atoms with Gasteiger partial charge >= 0.3 is 5.97 Å². The van der Waals surface area contributed by atoms with E-state index in [1.54, 1.807) is 19.1 Å². The Morgan fingerprint density at radius 2 is 2.24 bits per heavy atom. The quantitative estimate of drug-likeness (QED) is 0.404. The van der Waals surface area contributed by atoms with Crippen LogP contribution in [0.15, 0.2) is 26.8 Å². The third kappa shape index (κ3) is 5.75. The molecule has 0 saturated carbocycles. The zero-order chi connectivity index (χ0) is 18.2. The number of hydrogen-bond donors (Lipinski definition) is 1. The molecule has 25 heavy (non-hydrogen) atoms. The van der Waals surface area contributed by atoms with Crippen LogP contribution in [0.1, 0.15) is 12.5 Å². The van der Waals surface area contributed by atoms with Crippen molar-refractivity contribution < 1.29 is 23.8 Å². The van der Waals surface area contributed by atoms with E-state index in [1.807, 2.05) is 0 Å². The number of nitrogens with zero attached hydrogens (tertiary/aromatic N) is 2. The van der Waals surface area contributed by atoms with Crippen molar-refractivity contribution >= 4 is 51.0 Å². The Bertz CT molecular complexity index is 723. The van der Waals surface area contributed by atoms with E-state index in [4.69, 9.17) is 14.2 Å². The van der Waals surface area contributed by atoms with Gasteiger partial charge in [0.25, 0.3) is 0 Å². The van der Waals surface area contributed by atoms with E-state index in [2.05, 4.69) is 31.4 Å². The van der Waals surface area contributed by atoms with Crippen molar-refractivity contribution in [3.05, 3.63) is 22.2 Å². The van der Waals surface area contributed by atoms with Gasteiger partial charge in [-0.15, -0.1) is 5.10 Å². The Morgan fingerprint density at radius 1 is 1.44 bits per heavy atom. The predicted octanol–water partition coefficient (Wildman–Crippen LogP) is 1.95. The molecule has 1 fully saturated rings. The standard InChI is InChI=1S/C15H16BrN3O5S/c1-3-23-14(21)7-24-12-5-10(16)9(4-11(12)22-2)6-17-19-15-18-13(20)8-25-15/h4-6H,3,7-8H2,1-2H3,(H,18,19,20). The zero-order valence-corrected chi connectivity index (χ0v) is 16.0. The minimum absolute atomic E-state index is 0.0927. The lowest BCUT2D eigenvalue weighted by Gasteiger charge is -2.12. The summed E-state index contributed by atoms with van der Waals surface area (Å²) in [5.41, 5.74) is 0.694. The van der Waals surface area contributed by atoms with Crippen LogP contribution in [0.2, 0.25) is 0 Å². The monoisotopic (exact) mass is 429 g/mol. The average Bonchev–Trinajstić information content (AvgIpc) is 3.00. The first-order valence-corrected chi connectivity index (χ1v) is 9.01. The van der Waals surface area contributed by atoms with Crippen LogP contribution < -0.4 is 14.8 Å². The lowest BCUT2D eigenvalue weighted by Crippen LogP contribution is -2.19. The Balaban J connectivity index is 2.10. The Labute approximate surface area is 157 Å². The van der Waals surface area contributed by atoms with E-state index in [0.29, 0.717) is 39.1 Å². The number of nitrogens with one attached hydrogen (secondary N) is 1. The second kappa shape index (κ2) is 9.42. The summed E-state index contributed by atoms with van der Waals surface area (Å²) in [7, 11) is 1.49. The van der Waals surface area contributed by atoms with Gasteiger partial charge in [-0.25, -0.2) is 4.79 Å². The number of carbonyl (C=O) groups is 2. The minimum atomic E-state index is -0.460. The summed E-state index contributed by atoms with van der Waals surface area (Å²) < 4.78 is 16.2. The second-order valence-corrected chi connectivity index (χ2v) is 6.42. The van der Waals surface area contributed by atoms with Crippen molar-refractivity contribution in [1.82, 2.24) is 5.32 Å². The summed E-state index contributed by atoms with van der Waals surface area (Å²) in [4.78, 5) is 22.5. The molecular weight excluding hydrogens is 414 g/mol. The number of ether oxygens (including phenoxy) is 3. The lowest BCUT2D eigenvalue weighted by atomic mass is 10.2. The van der Waals surface area contributed by atoms with Crippen molar-refractivity contribution in [3.8, 4) is 11.5 Å². The van der Waals surface area contributed by atoms with Crippen molar-refractivity contribution in [2.45, 2.75) is 6.92 Å². The molecule has 8 nitrogen and oxygen atoms in total. The Kier molecular flexibility index (Phi) is 7.26. The van der Waals surface area contributed by atoms with Crippen molar-refractivity contribution in [2.75, 3.05) is 26.1 Å². The molecule has 1 aromatic carbocycles. The fourth-order valence-electron chi connectivity index (χ4n) is 1.78. The van der Waals surface area contributed by atoms with Gasteiger partial charge in [-0.1, -0.05) is 11.8 Å². The fourth-order valence-corrected chi connectivity index (χ4v) is 2.84. The smallest absolute Gasteiger partial charge is 0.344 e. The van der Waals surface area contributed by atoms with Crippen LogP contribution >= 0.6 is 27.7 Å². The molecule has 1 N–H and O–H groups in total. The summed E-state index contributed by atoms with van der Waals surface area (Å²) in [6, 6.07) is 3.35. The number of carbonyl (C=O) groups excluding carboxylic acids is 2. The molecule has 0 aliphatic carbocycles. The third-order valence-corrected chi connectivity index (χ3v) is 4.42. The molecule has 1 amide bonds. The van der Waals surface area contributed by atoms with E-state index in [-0.39, 0.29) is 12.5 Å². The molecule has 0 aromatic heterocycles. The van der Waals surface area contributed by atoms with Crippen LogP contribution in [0.5, 0.6) is 11.5 Å². The molecular formula is C15H16BrN3O5S. The molecule has 1 heterocycles. The summed E-state index contributed by atoms with van der Waals surface area (Å²) in [5, 5.41) is 10.9. The molecule has 1 aromatic rings. The molecule has 2 rings (SSSR count). The zero-order valence-electron chi connectivity index (χ0n) is 13.6. The maximum atomic E-state index is 11.4. The molecule has 0 spiro atoms. The summed E-state index contributed by atoms with van der Waals surface area (Å²) in [6.07, 6.45) is 1.51. The highest BCUT2D eigenvalue weighted by Crippen LogP contribution is 2.33. The van der Waals surface area contributed by atoms with Crippen LogP contribution in [0, 0.1) is 0 Å². The topological polar surface area (TPSA) is 98.6 Å². The molecule has 1 saturated heterocycles. The van der Waals surface area contributed by atoms with E-state index >= 15 is 0 Å². The maximum absolute atomic E-state index is 11.4. The number of halogens is 1. The summed E-state index contributed by atoms with van der Waals surface area (Å²) in [6.45, 7) is 1.80. The van der Waals surface area contributed by atoms with Crippen molar-refractivity contribution in [2.24, 2.45) is 10.2 Å². The van der Waals surface area contributed by atoms with Crippen LogP contribution in [0.3, 0.4) is 0 Å². The largest absolute Gasteiger partial charge is 0.493 e. The third-order valence-electron chi connectivity index (χ3n) is 2.87. The minimum Gasteiger partial charge on any atom is -0.493 e. The molecule has 1 aliphatic rings. The molecule has 1 aliphatic heterocycles. The van der Waals surface area contributed by atoms with Gasteiger partial charge in [-0.05, 0) is 35.0 Å². The normalized spacial score (nSPS) is 15.5. The van der Waals surface area contributed by atoms with Crippen molar-refractivity contribution in [1.29, 1.82) is 0 Å². The SMILES string of the molecule is CCOC(=O)COc1cc(Br)c(C=NN=C2NC(=O)CS2)cc1OC. The molecule has 134 valence electrons. The number of amidine groups is 1. The van der Waals surface area contributed by atoms with Gasteiger partial charge in [-0.2, -0.15) is 5.10 Å². The first-order chi connectivity index (χ1) is 12.0. The molecule has 0 bridgehead atoms. The number of rotatable bonds is 7. The number of amides is 1. The second-order valence-electron chi connectivity index (χ2n) is 4.60. The molecule has 0 atom stereocenters. The first kappa shape index (κ1) is 19.3. The Morgan fingerprint density at radius 3 is 2.88 bits per heavy atom. The highest BCUT2D eigenvalue weighted by Gasteiger charge is 2.16. The first-order valence-electron chi connectivity index (χ1n) is 7.23. The molecule has 10 heteroatoms. The summed E-state index contributed by atoms with van der Waals surface area (Å²) in [5.74, 6) is 0.621. The molecule has 0 unspecified atom stereocenters. The van der Waals surface area contributed by atoms with E-state index in [0.717, 1.165) is 0 Å².